The molecule has 1 saturated heterocycles. The van der Waals surface area contributed by atoms with Gasteiger partial charge >= 0.3 is 5.97 Å². The fraction of sp³-hybridized carbons (Fsp3) is 0.467. The number of nitro groups is 1. The molecule has 0 radical (unpaired) electrons. The second-order valence-electron chi connectivity index (χ2n) is 5.81. The highest BCUT2D eigenvalue weighted by Crippen LogP contribution is 2.29. The van der Waals surface area contributed by atoms with Gasteiger partial charge in [0.1, 0.15) is 12.1 Å². The van der Waals surface area contributed by atoms with Crippen molar-refractivity contribution in [3.63, 3.8) is 0 Å². The maximum absolute atomic E-state index is 12.9. The number of piperazine rings is 1. The summed E-state index contributed by atoms with van der Waals surface area (Å²) in [6.07, 6.45) is 0.185. The molecule has 1 heterocycles. The maximum atomic E-state index is 12.9. The molecule has 142 valence electrons. The van der Waals surface area contributed by atoms with Crippen LogP contribution < -0.4 is 0 Å². The summed E-state index contributed by atoms with van der Waals surface area (Å²) < 4.78 is 26.6. The number of carbonyl (C=O) groups excluding carboxylic acids is 1. The minimum atomic E-state index is -4.30. The minimum Gasteiger partial charge on any atom is -0.480 e. The van der Waals surface area contributed by atoms with E-state index in [2.05, 4.69) is 0 Å². The summed E-state index contributed by atoms with van der Waals surface area (Å²) in [4.78, 5) is 34.8. The van der Waals surface area contributed by atoms with Crippen LogP contribution in [-0.4, -0.2) is 64.7 Å². The largest absolute Gasteiger partial charge is 0.480 e. The van der Waals surface area contributed by atoms with Crippen molar-refractivity contribution in [2.45, 2.75) is 37.2 Å². The van der Waals surface area contributed by atoms with E-state index in [0.717, 1.165) is 21.3 Å². The normalized spacial score (nSPS) is 20.0. The van der Waals surface area contributed by atoms with E-state index in [1.54, 1.807) is 6.92 Å². The Morgan fingerprint density at radius 2 is 2.00 bits per heavy atom. The molecule has 1 amide bonds. The fourth-order valence-corrected chi connectivity index (χ4v) is 4.73. The highest BCUT2D eigenvalue weighted by molar-refractivity contribution is 7.89. The molecule has 1 N–H and O–H groups in total. The van der Waals surface area contributed by atoms with Gasteiger partial charge in [0, 0.05) is 19.2 Å². The average Bonchev–Trinajstić information content (AvgIpc) is 2.58. The third-order valence-electron chi connectivity index (χ3n) is 4.33. The van der Waals surface area contributed by atoms with Crippen molar-refractivity contribution in [2.75, 3.05) is 13.1 Å². The number of nitro benzene ring substituents is 1. The van der Waals surface area contributed by atoms with Gasteiger partial charge in [-0.1, -0.05) is 19.1 Å². The van der Waals surface area contributed by atoms with Crippen LogP contribution in [0.4, 0.5) is 5.69 Å². The van der Waals surface area contributed by atoms with Crippen molar-refractivity contribution in [2.24, 2.45) is 0 Å². The Balaban J connectivity index is 2.38. The SMILES string of the molecule is CCC(C(=O)O)N1CCN(S(=O)(=O)c2ccccc2[N+](=O)[O-])[C@@H](C)C1=O. The fourth-order valence-electron chi connectivity index (χ4n) is 2.99. The van der Waals surface area contributed by atoms with Gasteiger partial charge in [0.05, 0.1) is 4.92 Å². The topological polar surface area (TPSA) is 138 Å². The molecule has 0 saturated carbocycles. The Bertz CT molecular complexity index is 839. The van der Waals surface area contributed by atoms with Crippen molar-refractivity contribution < 1.29 is 28.0 Å². The number of nitrogens with zero attached hydrogens (tertiary/aromatic N) is 3. The molecule has 1 aliphatic heterocycles. The van der Waals surface area contributed by atoms with Gasteiger partial charge in [-0.2, -0.15) is 4.31 Å². The zero-order chi connectivity index (χ0) is 19.6. The molecule has 2 rings (SSSR count). The van der Waals surface area contributed by atoms with Gasteiger partial charge in [-0.05, 0) is 19.4 Å². The van der Waals surface area contributed by atoms with E-state index in [1.165, 1.54) is 19.1 Å². The van der Waals surface area contributed by atoms with E-state index >= 15 is 0 Å². The number of hydrogen-bond acceptors (Lipinski definition) is 6. The molecule has 1 aromatic rings. The number of aliphatic carboxylic acids is 1. The zero-order valence-corrected chi connectivity index (χ0v) is 15.0. The highest BCUT2D eigenvalue weighted by Gasteiger charge is 2.44. The molecular formula is C15H19N3O7S. The lowest BCUT2D eigenvalue weighted by atomic mass is 10.1. The first-order valence-electron chi connectivity index (χ1n) is 7.91. The van der Waals surface area contributed by atoms with Crippen LogP contribution in [0.5, 0.6) is 0 Å². The van der Waals surface area contributed by atoms with Crippen LogP contribution in [0.2, 0.25) is 0 Å². The van der Waals surface area contributed by atoms with Gasteiger partial charge in [-0.25, -0.2) is 13.2 Å². The lowest BCUT2D eigenvalue weighted by Crippen LogP contribution is -2.61. The van der Waals surface area contributed by atoms with Crippen LogP contribution in [0.15, 0.2) is 29.2 Å². The summed E-state index contributed by atoms with van der Waals surface area (Å²) in [7, 11) is -4.30. The van der Waals surface area contributed by atoms with Gasteiger partial charge < -0.3 is 10.0 Å². The number of carbonyl (C=O) groups is 2. The molecule has 1 aliphatic rings. The molecule has 0 aliphatic carbocycles. The van der Waals surface area contributed by atoms with Crippen LogP contribution in [0, 0.1) is 10.1 Å². The maximum Gasteiger partial charge on any atom is 0.326 e. The third-order valence-corrected chi connectivity index (χ3v) is 6.35. The lowest BCUT2D eigenvalue weighted by Gasteiger charge is -2.40. The number of rotatable bonds is 6. The van der Waals surface area contributed by atoms with Crippen LogP contribution >= 0.6 is 0 Å². The van der Waals surface area contributed by atoms with Crippen molar-refractivity contribution >= 4 is 27.6 Å². The quantitative estimate of drug-likeness (QED) is 0.561. The first-order chi connectivity index (χ1) is 12.1. The van der Waals surface area contributed by atoms with Crippen LogP contribution in [0.1, 0.15) is 20.3 Å². The number of hydrogen-bond donors (Lipinski definition) is 1. The lowest BCUT2D eigenvalue weighted by molar-refractivity contribution is -0.387. The second-order valence-corrected chi connectivity index (χ2v) is 7.67. The van der Waals surface area contributed by atoms with Crippen LogP contribution in [0.25, 0.3) is 0 Å². The van der Waals surface area contributed by atoms with Crippen molar-refractivity contribution in [1.29, 1.82) is 0 Å². The van der Waals surface area contributed by atoms with E-state index in [1.807, 2.05) is 0 Å². The molecule has 2 atom stereocenters. The number of sulfonamides is 1. The van der Waals surface area contributed by atoms with E-state index in [0.29, 0.717) is 0 Å². The number of carboxylic acid groups (broad SMARTS) is 1. The smallest absolute Gasteiger partial charge is 0.326 e. The summed E-state index contributed by atoms with van der Waals surface area (Å²) in [5.74, 6) is -1.81. The predicted octanol–water partition coefficient (Wildman–Crippen LogP) is 0.679. The number of amides is 1. The summed E-state index contributed by atoms with van der Waals surface area (Å²) in [5, 5.41) is 20.4. The van der Waals surface area contributed by atoms with Crippen molar-refractivity contribution in [1.82, 2.24) is 9.21 Å². The summed E-state index contributed by atoms with van der Waals surface area (Å²) in [6, 6.07) is 2.70. The number of para-hydroxylation sites is 1. The minimum absolute atomic E-state index is 0.103. The monoisotopic (exact) mass is 385 g/mol. The number of carboxylic acids is 1. The highest BCUT2D eigenvalue weighted by atomic mass is 32.2. The molecule has 1 fully saturated rings. The van der Waals surface area contributed by atoms with Gasteiger partial charge in [0.25, 0.3) is 15.7 Å². The van der Waals surface area contributed by atoms with Gasteiger partial charge in [-0.15, -0.1) is 0 Å². The number of benzene rings is 1. The van der Waals surface area contributed by atoms with E-state index in [9.17, 15) is 33.2 Å². The predicted molar refractivity (Wildman–Crippen MR) is 89.9 cm³/mol. The van der Waals surface area contributed by atoms with Crippen molar-refractivity contribution in [3.05, 3.63) is 34.4 Å². The first kappa shape index (κ1) is 19.8. The third kappa shape index (κ3) is 3.40. The Morgan fingerprint density at radius 3 is 2.54 bits per heavy atom. The summed E-state index contributed by atoms with van der Waals surface area (Å²) in [5.41, 5.74) is -0.577. The Morgan fingerprint density at radius 1 is 1.38 bits per heavy atom. The Hall–Kier alpha value is -2.53. The Kier molecular flexibility index (Phi) is 5.62. The molecule has 11 heteroatoms. The molecule has 0 bridgehead atoms. The summed E-state index contributed by atoms with van der Waals surface area (Å²) in [6.45, 7) is 2.71. The Labute approximate surface area is 150 Å². The summed E-state index contributed by atoms with van der Waals surface area (Å²) >= 11 is 0. The second kappa shape index (κ2) is 7.38. The average molecular weight is 385 g/mol. The first-order valence-corrected chi connectivity index (χ1v) is 9.35. The van der Waals surface area contributed by atoms with Crippen LogP contribution in [0.3, 0.4) is 0 Å². The van der Waals surface area contributed by atoms with Gasteiger partial charge in [0.2, 0.25) is 5.91 Å². The zero-order valence-electron chi connectivity index (χ0n) is 14.2. The molecule has 1 aromatic carbocycles. The molecule has 1 unspecified atom stereocenters. The standard InChI is InChI=1S/C15H19N3O7S/c1-3-11(15(20)21)16-8-9-17(10(2)14(16)19)26(24,25)13-7-5-4-6-12(13)18(22)23/h4-7,10-11H,3,8-9H2,1-2H3,(H,20,21)/t10-,11?/m0/s1. The van der Waals surface area contributed by atoms with Crippen molar-refractivity contribution in [3.8, 4) is 0 Å². The molecule has 0 spiro atoms. The van der Waals surface area contributed by atoms with E-state index < -0.39 is 49.5 Å². The van der Waals surface area contributed by atoms with Gasteiger partial charge in [0.15, 0.2) is 4.90 Å². The molecule has 0 aromatic heterocycles. The molecule has 10 nitrogen and oxygen atoms in total. The molecule has 26 heavy (non-hydrogen) atoms. The van der Waals surface area contributed by atoms with E-state index in [4.69, 9.17) is 0 Å². The molecular weight excluding hydrogens is 366 g/mol. The van der Waals surface area contributed by atoms with Gasteiger partial charge in [-0.3, -0.25) is 14.9 Å². The van der Waals surface area contributed by atoms with E-state index in [-0.39, 0.29) is 19.5 Å². The van der Waals surface area contributed by atoms with Crippen LogP contribution in [-0.2, 0) is 19.6 Å².